The summed E-state index contributed by atoms with van der Waals surface area (Å²) < 4.78 is -1.40. The van der Waals surface area contributed by atoms with Gasteiger partial charge in [0.05, 0.1) is 10.7 Å². The summed E-state index contributed by atoms with van der Waals surface area (Å²) in [6, 6.07) is 8.61. The standard InChI is InChI=1S/C6H4Cl3N.C5H3Cl2N/c7-6(8,9)5-3-1-2-4-10-5;6-4-2-1-3-8-5(4)7/h1-4H;1-3H. The van der Waals surface area contributed by atoms with Gasteiger partial charge in [-0.25, -0.2) is 4.98 Å². The number of halogens is 5. The zero-order valence-electron chi connectivity index (χ0n) is 8.83. The van der Waals surface area contributed by atoms with E-state index in [0.29, 0.717) is 15.9 Å². The molecule has 0 aliphatic carbocycles. The van der Waals surface area contributed by atoms with E-state index < -0.39 is 3.79 Å². The minimum absolute atomic E-state index is 0.356. The molecule has 2 rings (SSSR count). The number of hydrogen-bond donors (Lipinski definition) is 0. The normalized spacial score (nSPS) is 10.5. The molecule has 0 saturated heterocycles. The molecule has 0 fully saturated rings. The number of hydrogen-bond acceptors (Lipinski definition) is 2. The summed E-state index contributed by atoms with van der Waals surface area (Å²) in [5, 5.41) is 0.850. The van der Waals surface area contributed by atoms with Gasteiger partial charge in [-0.3, -0.25) is 4.98 Å². The lowest BCUT2D eigenvalue weighted by Crippen LogP contribution is -2.01. The highest BCUT2D eigenvalue weighted by Crippen LogP contribution is 2.36. The lowest BCUT2D eigenvalue weighted by molar-refractivity contribution is 1.09. The zero-order valence-corrected chi connectivity index (χ0v) is 12.6. The summed E-state index contributed by atoms with van der Waals surface area (Å²) in [5.74, 6) is 0. The maximum Gasteiger partial charge on any atom is 0.232 e. The minimum Gasteiger partial charge on any atom is -0.257 e. The van der Waals surface area contributed by atoms with Gasteiger partial charge >= 0.3 is 0 Å². The van der Waals surface area contributed by atoms with Gasteiger partial charge in [-0.15, -0.1) is 0 Å². The van der Waals surface area contributed by atoms with E-state index in [-0.39, 0.29) is 0 Å². The molecular formula is C11H7Cl5N2. The van der Waals surface area contributed by atoms with E-state index in [1.165, 1.54) is 0 Å². The average Bonchev–Trinajstić information content (AvgIpc) is 2.34. The molecule has 0 aromatic carbocycles. The highest BCUT2D eigenvalue weighted by molar-refractivity contribution is 6.66. The van der Waals surface area contributed by atoms with Crippen LogP contribution in [-0.4, -0.2) is 9.97 Å². The summed E-state index contributed by atoms with van der Waals surface area (Å²) in [6.45, 7) is 0. The maximum absolute atomic E-state index is 5.53. The molecule has 2 aromatic heterocycles. The Kier molecular flexibility index (Phi) is 6.47. The summed E-state index contributed by atoms with van der Waals surface area (Å²) in [5.41, 5.74) is 0.444. The molecule has 0 radical (unpaired) electrons. The van der Waals surface area contributed by atoms with Crippen LogP contribution in [-0.2, 0) is 3.79 Å². The van der Waals surface area contributed by atoms with Gasteiger partial charge in [0.1, 0.15) is 5.15 Å². The number of alkyl halides is 3. The SMILES string of the molecule is ClC(Cl)(Cl)c1ccccn1.Clc1cccnc1Cl. The molecule has 2 heterocycles. The van der Waals surface area contributed by atoms with Gasteiger partial charge in [-0.1, -0.05) is 64.1 Å². The van der Waals surface area contributed by atoms with Crippen LogP contribution >= 0.6 is 58.0 Å². The first kappa shape index (κ1) is 15.8. The molecule has 0 spiro atoms. The van der Waals surface area contributed by atoms with Crippen LogP contribution in [0.15, 0.2) is 42.7 Å². The van der Waals surface area contributed by atoms with Gasteiger partial charge in [0.25, 0.3) is 0 Å². The second-order valence-electron chi connectivity index (χ2n) is 2.99. The first-order valence-corrected chi connectivity index (χ1v) is 6.54. The van der Waals surface area contributed by atoms with Gasteiger partial charge in [-0.2, -0.15) is 0 Å². The van der Waals surface area contributed by atoms with Gasteiger partial charge in [0.2, 0.25) is 3.79 Å². The smallest absolute Gasteiger partial charge is 0.232 e. The maximum atomic E-state index is 5.53. The van der Waals surface area contributed by atoms with E-state index >= 15 is 0 Å². The predicted molar refractivity (Wildman–Crippen MR) is 77.7 cm³/mol. The van der Waals surface area contributed by atoms with Crippen LogP contribution in [0.4, 0.5) is 0 Å². The van der Waals surface area contributed by atoms with Crippen LogP contribution in [0.25, 0.3) is 0 Å². The van der Waals surface area contributed by atoms with Crippen LogP contribution in [0.5, 0.6) is 0 Å². The largest absolute Gasteiger partial charge is 0.257 e. The summed E-state index contributed by atoms with van der Waals surface area (Å²) in [4.78, 5) is 7.57. The highest BCUT2D eigenvalue weighted by Gasteiger charge is 2.23. The fraction of sp³-hybridized carbons (Fsp3) is 0.0909. The summed E-state index contributed by atoms with van der Waals surface area (Å²) >= 11 is 27.6. The Morgan fingerprint density at radius 1 is 0.833 bits per heavy atom. The third-order valence-corrected chi connectivity index (χ3v) is 2.95. The average molecular weight is 344 g/mol. The molecule has 0 aliphatic heterocycles. The summed E-state index contributed by atoms with van der Waals surface area (Å²) in [6.07, 6.45) is 3.17. The molecule has 0 aliphatic rings. The van der Waals surface area contributed by atoms with Gasteiger partial charge < -0.3 is 0 Å². The topological polar surface area (TPSA) is 25.8 Å². The molecule has 0 bridgehead atoms. The Labute approximate surface area is 130 Å². The molecule has 18 heavy (non-hydrogen) atoms. The van der Waals surface area contributed by atoms with Gasteiger partial charge in [0.15, 0.2) is 0 Å². The lowest BCUT2D eigenvalue weighted by atomic mass is 10.4. The lowest BCUT2D eigenvalue weighted by Gasteiger charge is -2.07. The third kappa shape index (κ3) is 5.59. The quantitative estimate of drug-likeness (QED) is 0.479. The van der Waals surface area contributed by atoms with Crippen molar-refractivity contribution in [3.63, 3.8) is 0 Å². The van der Waals surface area contributed by atoms with E-state index in [9.17, 15) is 0 Å². The Morgan fingerprint density at radius 3 is 1.83 bits per heavy atom. The number of aromatic nitrogens is 2. The van der Waals surface area contributed by atoms with E-state index in [2.05, 4.69) is 9.97 Å². The number of pyridine rings is 2. The van der Waals surface area contributed by atoms with Gasteiger partial charge in [0, 0.05) is 12.4 Å². The van der Waals surface area contributed by atoms with E-state index in [1.54, 1.807) is 42.7 Å². The minimum atomic E-state index is -1.40. The van der Waals surface area contributed by atoms with E-state index in [4.69, 9.17) is 58.0 Å². The van der Waals surface area contributed by atoms with E-state index in [1.807, 2.05) is 0 Å². The number of rotatable bonds is 0. The molecule has 0 saturated carbocycles. The van der Waals surface area contributed by atoms with E-state index in [0.717, 1.165) is 0 Å². The fourth-order valence-corrected chi connectivity index (χ4v) is 1.47. The van der Waals surface area contributed by atoms with Crippen molar-refractivity contribution in [2.75, 3.05) is 0 Å². The van der Waals surface area contributed by atoms with Crippen molar-refractivity contribution in [2.45, 2.75) is 3.79 Å². The molecule has 0 unspecified atom stereocenters. The fourth-order valence-electron chi connectivity index (χ4n) is 0.897. The molecule has 0 amide bonds. The first-order valence-electron chi connectivity index (χ1n) is 4.65. The second kappa shape index (κ2) is 7.37. The van der Waals surface area contributed by atoms with Crippen molar-refractivity contribution in [3.05, 3.63) is 58.6 Å². The molecule has 2 aromatic rings. The van der Waals surface area contributed by atoms with Crippen LogP contribution < -0.4 is 0 Å². The Balaban J connectivity index is 0.000000184. The summed E-state index contributed by atoms with van der Waals surface area (Å²) in [7, 11) is 0. The first-order chi connectivity index (χ1) is 8.41. The van der Waals surface area contributed by atoms with Gasteiger partial charge in [-0.05, 0) is 24.3 Å². The van der Waals surface area contributed by atoms with Crippen LogP contribution in [0, 0.1) is 0 Å². The molecule has 0 N–H and O–H groups in total. The second-order valence-corrected chi connectivity index (χ2v) is 6.04. The molecule has 7 heteroatoms. The highest BCUT2D eigenvalue weighted by atomic mass is 35.6. The Morgan fingerprint density at radius 2 is 1.50 bits per heavy atom. The zero-order chi connectivity index (χ0) is 13.6. The molecular weight excluding hydrogens is 337 g/mol. The van der Waals surface area contributed by atoms with Crippen molar-refractivity contribution in [2.24, 2.45) is 0 Å². The Bertz CT molecular complexity index is 463. The monoisotopic (exact) mass is 342 g/mol. The molecule has 0 atom stereocenters. The Hall–Kier alpha value is -0.250. The third-order valence-electron chi connectivity index (χ3n) is 1.67. The van der Waals surface area contributed by atoms with Crippen molar-refractivity contribution < 1.29 is 0 Å². The molecule has 2 nitrogen and oxygen atoms in total. The van der Waals surface area contributed by atoms with Crippen molar-refractivity contribution in [3.8, 4) is 0 Å². The predicted octanol–water partition coefficient (Wildman–Crippen LogP) is 5.30. The number of nitrogens with zero attached hydrogens (tertiary/aromatic N) is 2. The van der Waals surface area contributed by atoms with Crippen molar-refractivity contribution >= 4 is 58.0 Å². The van der Waals surface area contributed by atoms with Crippen LogP contribution in [0.3, 0.4) is 0 Å². The van der Waals surface area contributed by atoms with Crippen molar-refractivity contribution in [1.29, 1.82) is 0 Å². The molecule has 96 valence electrons. The van der Waals surface area contributed by atoms with Crippen molar-refractivity contribution in [1.82, 2.24) is 9.97 Å². The van der Waals surface area contributed by atoms with Crippen LogP contribution in [0.1, 0.15) is 5.69 Å². The van der Waals surface area contributed by atoms with Crippen LogP contribution in [0.2, 0.25) is 10.2 Å².